The van der Waals surface area contributed by atoms with Crippen LogP contribution in [-0.2, 0) is 6.54 Å². The first-order valence-electron chi connectivity index (χ1n) is 6.63. The molecule has 0 spiro atoms. The van der Waals surface area contributed by atoms with Crippen LogP contribution in [0.4, 0.5) is 0 Å². The van der Waals surface area contributed by atoms with Crippen LogP contribution >= 0.6 is 11.8 Å². The SMILES string of the molecule is CCNCc1cc2ccccc2nc1Sc1ncc[nH]1. The van der Waals surface area contributed by atoms with E-state index >= 15 is 0 Å². The minimum Gasteiger partial charge on any atom is -0.339 e. The average molecular weight is 284 g/mol. The molecule has 0 fully saturated rings. The van der Waals surface area contributed by atoms with Crippen LogP contribution in [-0.4, -0.2) is 21.5 Å². The van der Waals surface area contributed by atoms with Gasteiger partial charge in [-0.2, -0.15) is 0 Å². The Labute approximate surface area is 122 Å². The quantitative estimate of drug-likeness (QED) is 0.755. The lowest BCUT2D eigenvalue weighted by Gasteiger charge is -2.09. The fourth-order valence-corrected chi connectivity index (χ4v) is 2.84. The maximum absolute atomic E-state index is 4.77. The van der Waals surface area contributed by atoms with Crippen molar-refractivity contribution in [1.29, 1.82) is 0 Å². The topological polar surface area (TPSA) is 53.6 Å². The Hall–Kier alpha value is -1.85. The lowest BCUT2D eigenvalue weighted by atomic mass is 10.1. The minimum absolute atomic E-state index is 0.817. The van der Waals surface area contributed by atoms with Crippen LogP contribution in [0.5, 0.6) is 0 Å². The van der Waals surface area contributed by atoms with E-state index in [0.717, 1.165) is 28.8 Å². The largest absolute Gasteiger partial charge is 0.339 e. The third kappa shape index (κ3) is 2.84. The van der Waals surface area contributed by atoms with E-state index in [2.05, 4.69) is 34.3 Å². The molecule has 3 aromatic rings. The number of benzene rings is 1. The number of nitrogens with one attached hydrogen (secondary N) is 2. The van der Waals surface area contributed by atoms with Gasteiger partial charge in [0.15, 0.2) is 5.16 Å². The van der Waals surface area contributed by atoms with E-state index in [0.29, 0.717) is 0 Å². The van der Waals surface area contributed by atoms with Crippen molar-refractivity contribution in [2.45, 2.75) is 23.7 Å². The molecular weight excluding hydrogens is 268 g/mol. The normalized spacial score (nSPS) is 11.1. The van der Waals surface area contributed by atoms with Crippen LogP contribution in [0.1, 0.15) is 12.5 Å². The number of aromatic amines is 1. The molecule has 0 aliphatic heterocycles. The van der Waals surface area contributed by atoms with E-state index in [4.69, 9.17) is 4.98 Å². The average Bonchev–Trinajstić information content (AvgIpc) is 2.98. The van der Waals surface area contributed by atoms with Gasteiger partial charge in [-0.3, -0.25) is 0 Å². The second-order valence-corrected chi connectivity index (χ2v) is 5.40. The maximum atomic E-state index is 4.77. The molecule has 102 valence electrons. The number of rotatable bonds is 5. The number of nitrogens with zero attached hydrogens (tertiary/aromatic N) is 2. The van der Waals surface area contributed by atoms with E-state index in [-0.39, 0.29) is 0 Å². The zero-order chi connectivity index (χ0) is 13.8. The summed E-state index contributed by atoms with van der Waals surface area (Å²) in [4.78, 5) is 12.1. The molecule has 2 aromatic heterocycles. The number of hydrogen-bond donors (Lipinski definition) is 2. The molecule has 0 saturated carbocycles. The van der Waals surface area contributed by atoms with E-state index in [1.165, 1.54) is 10.9 Å². The Morgan fingerprint density at radius 1 is 1.30 bits per heavy atom. The molecule has 0 amide bonds. The maximum Gasteiger partial charge on any atom is 0.171 e. The van der Waals surface area contributed by atoms with Crippen molar-refractivity contribution in [3.63, 3.8) is 0 Å². The van der Waals surface area contributed by atoms with Crippen LogP contribution in [0.2, 0.25) is 0 Å². The molecule has 0 saturated heterocycles. The fourth-order valence-electron chi connectivity index (χ4n) is 2.01. The summed E-state index contributed by atoms with van der Waals surface area (Å²) in [5.41, 5.74) is 2.22. The number of pyridine rings is 1. The van der Waals surface area contributed by atoms with Gasteiger partial charge in [-0.1, -0.05) is 25.1 Å². The van der Waals surface area contributed by atoms with E-state index in [9.17, 15) is 0 Å². The van der Waals surface area contributed by atoms with Crippen molar-refractivity contribution in [3.8, 4) is 0 Å². The Balaban J connectivity index is 2.01. The van der Waals surface area contributed by atoms with Crippen molar-refractivity contribution in [3.05, 3.63) is 48.3 Å². The second kappa shape index (κ2) is 6.07. The third-order valence-electron chi connectivity index (χ3n) is 3.00. The van der Waals surface area contributed by atoms with Crippen LogP contribution in [0.3, 0.4) is 0 Å². The summed E-state index contributed by atoms with van der Waals surface area (Å²) in [6, 6.07) is 10.4. The molecule has 20 heavy (non-hydrogen) atoms. The number of para-hydroxylation sites is 1. The summed E-state index contributed by atoms with van der Waals surface area (Å²) >= 11 is 1.57. The van der Waals surface area contributed by atoms with Crippen molar-refractivity contribution in [2.75, 3.05) is 6.54 Å². The molecule has 0 aliphatic rings. The highest BCUT2D eigenvalue weighted by Gasteiger charge is 2.09. The Kier molecular flexibility index (Phi) is 3.99. The second-order valence-electron chi connectivity index (χ2n) is 4.42. The summed E-state index contributed by atoms with van der Waals surface area (Å²) in [6.07, 6.45) is 3.58. The van der Waals surface area contributed by atoms with Crippen LogP contribution in [0.15, 0.2) is 52.9 Å². The van der Waals surface area contributed by atoms with Crippen molar-refractivity contribution < 1.29 is 0 Å². The van der Waals surface area contributed by atoms with E-state index in [1.54, 1.807) is 18.0 Å². The third-order valence-corrected chi connectivity index (χ3v) is 3.96. The highest BCUT2D eigenvalue weighted by atomic mass is 32.2. The predicted octanol–water partition coefficient (Wildman–Crippen LogP) is 3.22. The van der Waals surface area contributed by atoms with Gasteiger partial charge < -0.3 is 10.3 Å². The number of hydrogen-bond acceptors (Lipinski definition) is 4. The number of imidazole rings is 1. The molecule has 0 aliphatic carbocycles. The van der Waals surface area contributed by atoms with Crippen LogP contribution in [0, 0.1) is 0 Å². The number of H-pyrrole nitrogens is 1. The molecule has 4 nitrogen and oxygen atoms in total. The Morgan fingerprint density at radius 2 is 2.20 bits per heavy atom. The summed E-state index contributed by atoms with van der Waals surface area (Å²) in [5.74, 6) is 0. The van der Waals surface area contributed by atoms with E-state index in [1.807, 2.05) is 24.4 Å². The minimum atomic E-state index is 0.817. The summed E-state index contributed by atoms with van der Waals surface area (Å²) in [6.45, 7) is 3.86. The van der Waals surface area contributed by atoms with Crippen LogP contribution in [0.25, 0.3) is 10.9 Å². The van der Waals surface area contributed by atoms with Gasteiger partial charge in [-0.15, -0.1) is 0 Å². The molecule has 2 heterocycles. The van der Waals surface area contributed by atoms with Gasteiger partial charge >= 0.3 is 0 Å². The zero-order valence-electron chi connectivity index (χ0n) is 11.3. The Bertz CT molecular complexity index is 694. The van der Waals surface area contributed by atoms with E-state index < -0.39 is 0 Å². The first-order chi connectivity index (χ1) is 9.86. The van der Waals surface area contributed by atoms with Gasteiger partial charge in [-0.05, 0) is 36.0 Å². The predicted molar refractivity (Wildman–Crippen MR) is 81.8 cm³/mol. The zero-order valence-corrected chi connectivity index (χ0v) is 12.1. The first kappa shape index (κ1) is 13.1. The molecule has 0 atom stereocenters. The molecule has 2 N–H and O–H groups in total. The smallest absolute Gasteiger partial charge is 0.171 e. The number of fused-ring (bicyclic) bond motifs is 1. The van der Waals surface area contributed by atoms with Crippen molar-refractivity contribution in [1.82, 2.24) is 20.3 Å². The van der Waals surface area contributed by atoms with Gasteiger partial charge in [0.2, 0.25) is 0 Å². The highest BCUT2D eigenvalue weighted by Crippen LogP contribution is 2.28. The van der Waals surface area contributed by atoms with Crippen LogP contribution < -0.4 is 5.32 Å². The molecule has 3 rings (SSSR count). The molecule has 1 aromatic carbocycles. The number of aromatic nitrogens is 3. The van der Waals surface area contributed by atoms with Gasteiger partial charge in [-0.25, -0.2) is 9.97 Å². The molecular formula is C15H16N4S. The van der Waals surface area contributed by atoms with Gasteiger partial charge in [0.1, 0.15) is 5.03 Å². The molecule has 0 unspecified atom stereocenters. The molecule has 0 bridgehead atoms. The van der Waals surface area contributed by atoms with Gasteiger partial charge in [0.25, 0.3) is 0 Å². The lowest BCUT2D eigenvalue weighted by Crippen LogP contribution is -2.13. The van der Waals surface area contributed by atoms with Crippen molar-refractivity contribution in [2.24, 2.45) is 0 Å². The monoisotopic (exact) mass is 284 g/mol. The Morgan fingerprint density at radius 3 is 3.00 bits per heavy atom. The molecule has 5 heteroatoms. The highest BCUT2D eigenvalue weighted by molar-refractivity contribution is 7.99. The standard InChI is InChI=1S/C15H16N4S/c1-2-16-10-12-9-11-5-3-4-6-13(11)19-14(12)20-15-17-7-8-18-15/h3-9,16H,2,10H2,1H3,(H,17,18). The van der Waals surface area contributed by atoms with Gasteiger partial charge in [0.05, 0.1) is 5.52 Å². The lowest BCUT2D eigenvalue weighted by molar-refractivity contribution is 0.713. The van der Waals surface area contributed by atoms with Crippen molar-refractivity contribution >= 4 is 22.7 Å². The molecule has 0 radical (unpaired) electrons. The summed E-state index contributed by atoms with van der Waals surface area (Å²) < 4.78 is 0. The summed E-state index contributed by atoms with van der Waals surface area (Å²) in [7, 11) is 0. The fraction of sp³-hybridized carbons (Fsp3) is 0.200. The first-order valence-corrected chi connectivity index (χ1v) is 7.45. The summed E-state index contributed by atoms with van der Waals surface area (Å²) in [5, 5.41) is 6.40. The van der Waals surface area contributed by atoms with Gasteiger partial charge in [0, 0.05) is 24.3 Å².